The Bertz CT molecular complexity index is 925. The average Bonchev–Trinajstić information content (AvgIpc) is 3.31. The molecule has 1 aliphatic carbocycles. The third-order valence-corrected chi connectivity index (χ3v) is 6.72. The van der Waals surface area contributed by atoms with Gasteiger partial charge in [0.25, 0.3) is 5.78 Å². The highest BCUT2D eigenvalue weighted by Gasteiger charge is 2.33. The van der Waals surface area contributed by atoms with Crippen molar-refractivity contribution < 1.29 is 13.2 Å². The molecule has 0 unspecified atom stereocenters. The second-order valence-corrected chi connectivity index (χ2v) is 9.32. The third-order valence-electron chi connectivity index (χ3n) is 5.60. The summed E-state index contributed by atoms with van der Waals surface area (Å²) >= 11 is 0. The molecule has 2 fully saturated rings. The normalized spacial score (nSPS) is 20.1. The number of nitrogens with zero attached hydrogens (tertiary/aromatic N) is 5. The summed E-state index contributed by atoms with van der Waals surface area (Å²) < 4.78 is 26.0. The molecule has 1 saturated carbocycles. The summed E-state index contributed by atoms with van der Waals surface area (Å²) in [6, 6.07) is 0. The topological polar surface area (TPSA) is 97.5 Å². The SMILES string of the molecule is CS(=O)(=O)c1cnc2ncnn2c1C1CCN(C(=O)C2CCCC2)CC1. The Morgan fingerprint density at radius 1 is 1.12 bits per heavy atom. The Kier molecular flexibility index (Phi) is 4.42. The van der Waals surface area contributed by atoms with Crippen LogP contribution in [0.4, 0.5) is 0 Å². The van der Waals surface area contributed by atoms with Crippen LogP contribution in [0.2, 0.25) is 0 Å². The van der Waals surface area contributed by atoms with Gasteiger partial charge in [-0.25, -0.2) is 13.4 Å². The van der Waals surface area contributed by atoms with Crippen LogP contribution in [-0.2, 0) is 14.6 Å². The van der Waals surface area contributed by atoms with Crippen molar-refractivity contribution in [2.75, 3.05) is 19.3 Å². The van der Waals surface area contributed by atoms with E-state index in [2.05, 4.69) is 15.1 Å². The molecule has 9 heteroatoms. The van der Waals surface area contributed by atoms with Gasteiger partial charge in [-0.15, -0.1) is 0 Å². The molecule has 0 aromatic carbocycles. The smallest absolute Gasteiger partial charge is 0.252 e. The number of hydrogen-bond acceptors (Lipinski definition) is 6. The molecule has 4 rings (SSSR count). The predicted octanol–water partition coefficient (Wildman–Crippen LogP) is 1.42. The number of aromatic nitrogens is 4. The van der Waals surface area contributed by atoms with E-state index in [-0.39, 0.29) is 22.6 Å². The number of fused-ring (bicyclic) bond motifs is 1. The van der Waals surface area contributed by atoms with Gasteiger partial charge in [0.2, 0.25) is 5.91 Å². The Balaban J connectivity index is 1.59. The van der Waals surface area contributed by atoms with Gasteiger partial charge in [-0.2, -0.15) is 14.6 Å². The zero-order chi connectivity index (χ0) is 18.3. The molecule has 0 radical (unpaired) electrons. The molecular formula is C17H23N5O3S. The Morgan fingerprint density at radius 2 is 1.81 bits per heavy atom. The minimum atomic E-state index is -3.43. The molecule has 0 atom stereocenters. The quantitative estimate of drug-likeness (QED) is 0.802. The minimum absolute atomic E-state index is 0.0135. The molecule has 8 nitrogen and oxygen atoms in total. The van der Waals surface area contributed by atoms with E-state index < -0.39 is 9.84 Å². The summed E-state index contributed by atoms with van der Waals surface area (Å²) in [5.41, 5.74) is 0.642. The number of carbonyl (C=O) groups excluding carboxylic acids is 1. The van der Waals surface area contributed by atoms with Gasteiger partial charge in [0.1, 0.15) is 11.2 Å². The monoisotopic (exact) mass is 377 g/mol. The van der Waals surface area contributed by atoms with Crippen LogP contribution in [0.1, 0.15) is 50.1 Å². The Labute approximate surface area is 152 Å². The van der Waals surface area contributed by atoms with E-state index in [1.807, 2.05) is 4.90 Å². The van der Waals surface area contributed by atoms with E-state index in [4.69, 9.17) is 0 Å². The van der Waals surface area contributed by atoms with Crippen LogP contribution in [0.3, 0.4) is 0 Å². The highest BCUT2D eigenvalue weighted by Crippen LogP contribution is 2.34. The molecular weight excluding hydrogens is 354 g/mol. The number of piperidine rings is 1. The highest BCUT2D eigenvalue weighted by molar-refractivity contribution is 7.90. The summed E-state index contributed by atoms with van der Waals surface area (Å²) in [6.45, 7) is 1.31. The molecule has 2 aromatic heterocycles. The van der Waals surface area contributed by atoms with Crippen LogP contribution < -0.4 is 0 Å². The van der Waals surface area contributed by atoms with E-state index in [1.54, 1.807) is 0 Å². The molecule has 2 aliphatic rings. The zero-order valence-electron chi connectivity index (χ0n) is 14.8. The molecule has 26 heavy (non-hydrogen) atoms. The molecule has 3 heterocycles. The fourth-order valence-corrected chi connectivity index (χ4v) is 5.12. The van der Waals surface area contributed by atoms with Crippen LogP contribution in [0.5, 0.6) is 0 Å². The highest BCUT2D eigenvalue weighted by atomic mass is 32.2. The van der Waals surface area contributed by atoms with Crippen molar-refractivity contribution in [3.63, 3.8) is 0 Å². The maximum absolute atomic E-state index is 12.6. The van der Waals surface area contributed by atoms with Crippen LogP contribution in [0, 0.1) is 5.92 Å². The van der Waals surface area contributed by atoms with Crippen molar-refractivity contribution in [3.05, 3.63) is 18.2 Å². The first-order chi connectivity index (χ1) is 12.4. The lowest BCUT2D eigenvalue weighted by atomic mass is 9.92. The first kappa shape index (κ1) is 17.4. The summed E-state index contributed by atoms with van der Waals surface area (Å²) in [4.78, 5) is 23.0. The standard InChI is InChI=1S/C17H23N5O3S/c1-26(24,25)14-10-18-17-19-11-20-22(17)15(14)12-6-8-21(9-7-12)16(23)13-4-2-3-5-13/h10-13H,2-9H2,1H3. The average molecular weight is 377 g/mol. The predicted molar refractivity (Wildman–Crippen MR) is 94.4 cm³/mol. The Hall–Kier alpha value is -2.03. The molecule has 0 bridgehead atoms. The van der Waals surface area contributed by atoms with E-state index in [0.29, 0.717) is 24.6 Å². The van der Waals surface area contributed by atoms with Gasteiger partial charge >= 0.3 is 0 Å². The van der Waals surface area contributed by atoms with Gasteiger partial charge in [-0.3, -0.25) is 4.79 Å². The van der Waals surface area contributed by atoms with E-state index in [9.17, 15) is 13.2 Å². The number of sulfone groups is 1. The molecule has 1 amide bonds. The molecule has 0 N–H and O–H groups in total. The van der Waals surface area contributed by atoms with E-state index >= 15 is 0 Å². The van der Waals surface area contributed by atoms with Crippen LogP contribution in [0.15, 0.2) is 17.4 Å². The van der Waals surface area contributed by atoms with Gasteiger partial charge in [0, 0.05) is 31.2 Å². The van der Waals surface area contributed by atoms with Crippen LogP contribution >= 0.6 is 0 Å². The van der Waals surface area contributed by atoms with Crippen molar-refractivity contribution in [2.24, 2.45) is 5.92 Å². The molecule has 0 spiro atoms. The lowest BCUT2D eigenvalue weighted by Crippen LogP contribution is -2.41. The van der Waals surface area contributed by atoms with Gasteiger partial charge in [0.05, 0.1) is 11.9 Å². The number of amides is 1. The first-order valence-electron chi connectivity index (χ1n) is 9.12. The van der Waals surface area contributed by atoms with Crippen molar-refractivity contribution in [3.8, 4) is 0 Å². The lowest BCUT2D eigenvalue weighted by Gasteiger charge is -2.34. The van der Waals surface area contributed by atoms with Gasteiger partial charge < -0.3 is 4.90 Å². The number of hydrogen-bond donors (Lipinski definition) is 0. The van der Waals surface area contributed by atoms with Crippen LogP contribution in [-0.4, -0.2) is 58.2 Å². The largest absolute Gasteiger partial charge is 0.342 e. The summed E-state index contributed by atoms with van der Waals surface area (Å²) in [7, 11) is -3.43. The lowest BCUT2D eigenvalue weighted by molar-refractivity contribution is -0.136. The molecule has 1 aliphatic heterocycles. The zero-order valence-corrected chi connectivity index (χ0v) is 15.7. The van der Waals surface area contributed by atoms with E-state index in [1.165, 1.54) is 23.3 Å². The summed E-state index contributed by atoms with van der Waals surface area (Å²) in [6.07, 6.45) is 9.69. The first-order valence-corrected chi connectivity index (χ1v) is 11.0. The van der Waals surface area contributed by atoms with Gasteiger partial charge in [-0.05, 0) is 25.7 Å². The van der Waals surface area contributed by atoms with Crippen LogP contribution in [0.25, 0.3) is 5.78 Å². The molecule has 1 saturated heterocycles. The second kappa shape index (κ2) is 6.61. The van der Waals surface area contributed by atoms with Crippen molar-refractivity contribution in [2.45, 2.75) is 49.3 Å². The maximum atomic E-state index is 12.6. The van der Waals surface area contributed by atoms with Crippen molar-refractivity contribution in [1.82, 2.24) is 24.5 Å². The maximum Gasteiger partial charge on any atom is 0.252 e. The summed E-state index contributed by atoms with van der Waals surface area (Å²) in [5, 5.41) is 4.18. The summed E-state index contributed by atoms with van der Waals surface area (Å²) in [5.74, 6) is 0.863. The third kappa shape index (κ3) is 3.08. The Morgan fingerprint density at radius 3 is 2.46 bits per heavy atom. The fourth-order valence-electron chi connectivity index (χ4n) is 4.24. The van der Waals surface area contributed by atoms with Gasteiger partial charge in [0.15, 0.2) is 9.84 Å². The van der Waals surface area contributed by atoms with Crippen molar-refractivity contribution in [1.29, 1.82) is 0 Å². The molecule has 140 valence electrons. The minimum Gasteiger partial charge on any atom is -0.342 e. The van der Waals surface area contributed by atoms with E-state index in [0.717, 1.165) is 38.5 Å². The van der Waals surface area contributed by atoms with Crippen molar-refractivity contribution >= 4 is 21.5 Å². The van der Waals surface area contributed by atoms with Gasteiger partial charge in [-0.1, -0.05) is 12.8 Å². The fraction of sp³-hybridized carbons (Fsp3) is 0.647. The number of rotatable bonds is 3. The second-order valence-electron chi connectivity index (χ2n) is 7.33. The number of carbonyl (C=O) groups is 1. The molecule has 2 aromatic rings. The number of likely N-dealkylation sites (tertiary alicyclic amines) is 1.